The van der Waals surface area contributed by atoms with Gasteiger partial charge in [-0.2, -0.15) is 0 Å². The molecule has 1 aliphatic carbocycles. The lowest BCUT2D eigenvalue weighted by Crippen LogP contribution is -2.26. The smallest absolute Gasteiger partial charge is 0.305 e. The number of carbonyl (C=O) groups is 2. The van der Waals surface area contributed by atoms with Crippen LogP contribution in [0.1, 0.15) is 53.0 Å². The molecule has 29 heavy (non-hydrogen) atoms. The minimum absolute atomic E-state index is 0.138. The van der Waals surface area contributed by atoms with Crippen LogP contribution in [0.4, 0.5) is 0 Å². The molecule has 158 valence electrons. The average Bonchev–Trinajstić information content (AvgIpc) is 2.65. The van der Waals surface area contributed by atoms with Gasteiger partial charge in [0.1, 0.15) is 0 Å². The van der Waals surface area contributed by atoms with Gasteiger partial charge in [0.25, 0.3) is 0 Å². The van der Waals surface area contributed by atoms with E-state index in [1.807, 2.05) is 36.4 Å². The molecule has 0 saturated heterocycles. The number of hydrogen-bond acceptors (Lipinski definition) is 4. The van der Waals surface area contributed by atoms with Gasteiger partial charge in [0.05, 0.1) is 0 Å². The summed E-state index contributed by atoms with van der Waals surface area (Å²) < 4.78 is 9.83. The highest BCUT2D eigenvalue weighted by Crippen LogP contribution is 2.41. The zero-order valence-electron chi connectivity index (χ0n) is 18.5. The molecule has 2 atom stereocenters. The number of allylic oxidation sites excluding steroid dienone is 4. The van der Waals surface area contributed by atoms with Crippen LogP contribution in [0.2, 0.25) is 0 Å². The van der Waals surface area contributed by atoms with Gasteiger partial charge in [-0.3, -0.25) is 9.59 Å². The summed E-state index contributed by atoms with van der Waals surface area (Å²) >= 11 is 0. The maximum atomic E-state index is 10.9. The van der Waals surface area contributed by atoms with Crippen LogP contribution >= 0.6 is 0 Å². The van der Waals surface area contributed by atoms with Crippen molar-refractivity contribution in [3.8, 4) is 0 Å². The van der Waals surface area contributed by atoms with Gasteiger partial charge in [-0.05, 0) is 49.8 Å². The number of hydrogen-bond donors (Lipinski definition) is 0. The predicted molar refractivity (Wildman–Crippen MR) is 118 cm³/mol. The molecular weight excluding hydrogens is 364 g/mol. The summed E-state index contributed by atoms with van der Waals surface area (Å²) in [7, 11) is 1.49. The Morgan fingerprint density at radius 3 is 2.34 bits per heavy atom. The monoisotopic (exact) mass is 398 g/mol. The molecule has 1 aromatic rings. The van der Waals surface area contributed by atoms with Gasteiger partial charge in [0.15, 0.2) is 5.78 Å². The molecular formula is C25H34O4. The van der Waals surface area contributed by atoms with Crippen molar-refractivity contribution in [2.45, 2.75) is 53.8 Å². The lowest BCUT2D eigenvalue weighted by molar-refractivity contribution is -0.161. The van der Waals surface area contributed by atoms with Gasteiger partial charge in [-0.15, -0.1) is 0 Å². The van der Waals surface area contributed by atoms with Crippen molar-refractivity contribution in [3.05, 3.63) is 65.8 Å². The second-order valence-electron chi connectivity index (χ2n) is 7.91. The molecule has 1 aromatic carbocycles. The molecule has 0 N–H and O–H groups in total. The third kappa shape index (κ3) is 9.53. The third-order valence-electron chi connectivity index (χ3n) is 4.87. The van der Waals surface area contributed by atoms with Gasteiger partial charge in [-0.1, -0.05) is 68.0 Å². The van der Waals surface area contributed by atoms with Gasteiger partial charge in [0.2, 0.25) is 6.29 Å². The van der Waals surface area contributed by atoms with E-state index in [1.54, 1.807) is 19.1 Å². The van der Waals surface area contributed by atoms with E-state index in [0.29, 0.717) is 11.3 Å². The summed E-state index contributed by atoms with van der Waals surface area (Å²) in [6.07, 6.45) is 11.3. The summed E-state index contributed by atoms with van der Waals surface area (Å²) in [5.41, 5.74) is 2.73. The van der Waals surface area contributed by atoms with Gasteiger partial charge in [-0.25, -0.2) is 0 Å². The van der Waals surface area contributed by atoms with Crippen LogP contribution in [-0.4, -0.2) is 25.2 Å². The first kappa shape index (κ1) is 24.6. The van der Waals surface area contributed by atoms with Crippen molar-refractivity contribution in [2.24, 2.45) is 11.3 Å². The largest absolute Gasteiger partial charge is 0.432 e. The molecule has 0 spiro atoms. The minimum atomic E-state index is -0.622. The van der Waals surface area contributed by atoms with E-state index in [1.165, 1.54) is 32.4 Å². The van der Waals surface area contributed by atoms with Crippen molar-refractivity contribution in [2.75, 3.05) is 7.11 Å². The van der Waals surface area contributed by atoms with Gasteiger partial charge in [0, 0.05) is 20.0 Å². The highest BCUT2D eigenvalue weighted by molar-refractivity contribution is 5.87. The maximum Gasteiger partial charge on any atom is 0.305 e. The quantitative estimate of drug-likeness (QED) is 0.265. The van der Waals surface area contributed by atoms with E-state index in [2.05, 4.69) is 32.9 Å². The summed E-state index contributed by atoms with van der Waals surface area (Å²) in [4.78, 5) is 21.6. The Labute approximate surface area is 175 Å². The highest BCUT2D eigenvalue weighted by atomic mass is 16.7. The van der Waals surface area contributed by atoms with Crippen LogP contribution in [0, 0.1) is 11.3 Å². The van der Waals surface area contributed by atoms with Crippen molar-refractivity contribution in [1.82, 2.24) is 0 Å². The van der Waals surface area contributed by atoms with Crippen molar-refractivity contribution in [1.29, 1.82) is 0 Å². The van der Waals surface area contributed by atoms with Crippen LogP contribution in [0.15, 0.2) is 60.2 Å². The normalized spacial score (nSPS) is 19.2. The number of carbonyl (C=O) groups excluding carboxylic acids is 2. The maximum absolute atomic E-state index is 10.9. The van der Waals surface area contributed by atoms with Crippen LogP contribution in [0.25, 0.3) is 6.08 Å². The Hall–Kier alpha value is -2.46. The lowest BCUT2D eigenvalue weighted by Gasteiger charge is -2.36. The summed E-state index contributed by atoms with van der Waals surface area (Å²) in [5.74, 6) is 0.207. The second-order valence-corrected chi connectivity index (χ2v) is 7.91. The standard InChI is InChI=1S/C13H20O.C12H14O3/c1-10-6-5-9-13(3,4)12(10)8-7-11(2)14;1-10(13)15-12(14-2)9-8-11-6-4-3-5-7-11/h6-8,12H,5,9H2,1-4H3;3-9,12H,1-2H3. The zero-order valence-corrected chi connectivity index (χ0v) is 18.5. The molecule has 4 heteroatoms. The fraction of sp³-hybridized carbons (Fsp3) is 0.440. The molecule has 1 aliphatic rings. The van der Waals surface area contributed by atoms with E-state index in [9.17, 15) is 9.59 Å². The lowest BCUT2D eigenvalue weighted by atomic mass is 9.68. The number of esters is 1. The fourth-order valence-corrected chi connectivity index (χ4v) is 3.30. The number of methoxy groups -OCH3 is 1. The fourth-order valence-electron chi connectivity index (χ4n) is 3.30. The molecule has 2 rings (SSSR count). The first-order chi connectivity index (χ1) is 13.7. The Balaban J connectivity index is 0.000000291. The van der Waals surface area contributed by atoms with Crippen molar-refractivity contribution in [3.63, 3.8) is 0 Å². The van der Waals surface area contributed by atoms with Gasteiger partial charge >= 0.3 is 5.97 Å². The van der Waals surface area contributed by atoms with E-state index >= 15 is 0 Å². The summed E-state index contributed by atoms with van der Waals surface area (Å²) in [5, 5.41) is 0. The van der Waals surface area contributed by atoms with Crippen LogP contribution < -0.4 is 0 Å². The number of rotatable bonds is 6. The van der Waals surface area contributed by atoms with Crippen LogP contribution in [0.5, 0.6) is 0 Å². The third-order valence-corrected chi connectivity index (χ3v) is 4.87. The Morgan fingerprint density at radius 2 is 1.83 bits per heavy atom. The molecule has 4 nitrogen and oxygen atoms in total. The van der Waals surface area contributed by atoms with E-state index < -0.39 is 6.29 Å². The molecule has 0 amide bonds. The summed E-state index contributed by atoms with van der Waals surface area (Å²) in [6, 6.07) is 9.73. The first-order valence-electron chi connectivity index (χ1n) is 9.94. The molecule has 2 unspecified atom stereocenters. The Kier molecular flexibility index (Phi) is 10.3. The second kappa shape index (κ2) is 12.2. The van der Waals surface area contributed by atoms with E-state index in [0.717, 1.165) is 5.56 Å². The number of ether oxygens (including phenoxy) is 2. The van der Waals surface area contributed by atoms with Crippen molar-refractivity contribution >= 4 is 17.8 Å². The zero-order chi connectivity index (χ0) is 21.9. The molecule has 0 saturated carbocycles. The molecule has 0 fully saturated rings. The van der Waals surface area contributed by atoms with E-state index in [4.69, 9.17) is 9.47 Å². The number of benzene rings is 1. The van der Waals surface area contributed by atoms with Crippen LogP contribution in [0.3, 0.4) is 0 Å². The Morgan fingerprint density at radius 1 is 1.17 bits per heavy atom. The highest BCUT2D eigenvalue weighted by Gasteiger charge is 2.30. The first-order valence-corrected chi connectivity index (χ1v) is 9.94. The minimum Gasteiger partial charge on any atom is -0.432 e. The molecule has 0 aliphatic heterocycles. The van der Waals surface area contributed by atoms with Gasteiger partial charge < -0.3 is 9.47 Å². The Bertz CT molecular complexity index is 741. The van der Waals surface area contributed by atoms with E-state index in [-0.39, 0.29) is 11.8 Å². The van der Waals surface area contributed by atoms with Crippen molar-refractivity contribution < 1.29 is 19.1 Å². The molecule has 0 aromatic heterocycles. The molecule has 0 bridgehead atoms. The SMILES string of the molecule is CC(=O)C=CC1C(C)=CCCC1(C)C.COC(C=Cc1ccccc1)OC(C)=O. The summed E-state index contributed by atoms with van der Waals surface area (Å²) in [6.45, 7) is 9.67. The predicted octanol–water partition coefficient (Wildman–Crippen LogP) is 5.75. The average molecular weight is 399 g/mol. The molecule has 0 heterocycles. The number of ketones is 1. The van der Waals surface area contributed by atoms with Crippen LogP contribution in [-0.2, 0) is 19.1 Å². The topological polar surface area (TPSA) is 52.6 Å². The molecule has 0 radical (unpaired) electrons.